The van der Waals surface area contributed by atoms with Crippen molar-refractivity contribution >= 4 is 28.3 Å². The Labute approximate surface area is 197 Å². The highest BCUT2D eigenvalue weighted by Crippen LogP contribution is 2.32. The number of aromatic amines is 1. The first-order valence-corrected chi connectivity index (χ1v) is 10.9. The third-order valence-corrected chi connectivity index (χ3v) is 5.59. The molecule has 0 amide bonds. The number of likely N-dealkylation sites (N-methyl/N-ethyl adjacent to an activating group) is 1. The van der Waals surface area contributed by atoms with E-state index in [1.807, 2.05) is 38.4 Å². The molecule has 0 unspecified atom stereocenters. The minimum absolute atomic E-state index is 0.0845. The summed E-state index contributed by atoms with van der Waals surface area (Å²) in [7, 11) is 4.07. The van der Waals surface area contributed by atoms with Gasteiger partial charge in [-0.25, -0.2) is 9.38 Å². The van der Waals surface area contributed by atoms with Gasteiger partial charge in [-0.2, -0.15) is 0 Å². The van der Waals surface area contributed by atoms with Gasteiger partial charge in [0.2, 0.25) is 0 Å². The smallest absolute Gasteiger partial charge is 0.307 e. The van der Waals surface area contributed by atoms with E-state index in [0.29, 0.717) is 39.0 Å². The molecule has 4 aromatic rings. The van der Waals surface area contributed by atoms with Crippen LogP contribution in [-0.2, 0) is 17.6 Å². The molecule has 0 aliphatic rings. The molecule has 0 atom stereocenters. The van der Waals surface area contributed by atoms with E-state index in [4.69, 9.17) is 10.1 Å². The number of carboxylic acids is 1. The first kappa shape index (κ1) is 23.2. The Kier molecular flexibility index (Phi) is 6.75. The second kappa shape index (κ2) is 9.89. The van der Waals surface area contributed by atoms with Crippen LogP contribution in [0.3, 0.4) is 0 Å². The number of nitrogens with zero attached hydrogens (tertiary/aromatic N) is 2. The highest BCUT2D eigenvalue weighted by molar-refractivity contribution is 6.21. The number of benzene rings is 3. The number of hydrogen-bond acceptors (Lipinski definition) is 4. The van der Waals surface area contributed by atoms with Gasteiger partial charge in [-0.05, 0) is 62.0 Å². The van der Waals surface area contributed by atoms with Crippen LogP contribution in [0, 0.1) is 5.82 Å². The average molecular weight is 460 g/mol. The van der Waals surface area contributed by atoms with Gasteiger partial charge in [-0.3, -0.25) is 4.79 Å². The number of aliphatic imine (C=N–C) groups is 1. The van der Waals surface area contributed by atoms with E-state index in [0.717, 1.165) is 13.0 Å². The Morgan fingerprint density at radius 1 is 1.00 bits per heavy atom. The molecular formula is C27H26FN3O3. The molecule has 6 nitrogen and oxygen atoms in total. The fraction of sp³-hybridized carbons (Fsp3) is 0.185. The van der Waals surface area contributed by atoms with Crippen LogP contribution in [0.25, 0.3) is 10.9 Å². The lowest BCUT2D eigenvalue weighted by atomic mass is 9.99. The maximum atomic E-state index is 13.8. The molecule has 3 aromatic carbocycles. The van der Waals surface area contributed by atoms with E-state index in [2.05, 4.69) is 9.88 Å². The number of halogens is 1. The predicted octanol–water partition coefficient (Wildman–Crippen LogP) is 4.91. The molecule has 0 bridgehead atoms. The van der Waals surface area contributed by atoms with Crippen molar-refractivity contribution in [1.82, 2.24) is 9.88 Å². The summed E-state index contributed by atoms with van der Waals surface area (Å²) in [5, 5.41) is 20.4. The minimum atomic E-state index is -0.910. The number of rotatable bonds is 8. The summed E-state index contributed by atoms with van der Waals surface area (Å²) in [5.74, 6) is -1.44. The van der Waals surface area contributed by atoms with E-state index in [-0.39, 0.29) is 12.3 Å². The molecule has 0 spiro atoms. The molecule has 174 valence electrons. The molecule has 0 aliphatic heterocycles. The monoisotopic (exact) mass is 459 g/mol. The molecule has 0 saturated heterocycles. The van der Waals surface area contributed by atoms with Crippen LogP contribution in [-0.4, -0.2) is 52.4 Å². The number of aromatic nitrogens is 1. The van der Waals surface area contributed by atoms with Gasteiger partial charge in [0.1, 0.15) is 5.82 Å². The highest BCUT2D eigenvalue weighted by atomic mass is 19.1. The lowest BCUT2D eigenvalue weighted by Gasteiger charge is -2.10. The second-order valence-electron chi connectivity index (χ2n) is 8.49. The lowest BCUT2D eigenvalue weighted by molar-refractivity contribution is -0.136. The van der Waals surface area contributed by atoms with Crippen molar-refractivity contribution in [2.24, 2.45) is 4.99 Å². The standard InChI is InChI=1S/C27H26FN3O3/c1-31(2)14-13-17-5-10-21(11-6-17)29-26(19-7-3-18(4-8-19)15-24(32)33)25-22-12-9-20(28)16-23(22)30-27(25)34/h3-12,16,30,34H,13-15H2,1-2H3,(H,32,33). The first-order valence-electron chi connectivity index (χ1n) is 10.9. The van der Waals surface area contributed by atoms with Gasteiger partial charge >= 0.3 is 5.97 Å². The van der Waals surface area contributed by atoms with Gasteiger partial charge < -0.3 is 20.1 Å². The van der Waals surface area contributed by atoms with Gasteiger partial charge in [-0.1, -0.05) is 36.4 Å². The topological polar surface area (TPSA) is 88.9 Å². The Morgan fingerprint density at radius 2 is 1.68 bits per heavy atom. The van der Waals surface area contributed by atoms with Gasteiger partial charge in [-0.15, -0.1) is 0 Å². The average Bonchev–Trinajstić information content (AvgIpc) is 3.11. The zero-order valence-electron chi connectivity index (χ0n) is 19.0. The van der Waals surface area contributed by atoms with Crippen molar-refractivity contribution in [2.75, 3.05) is 20.6 Å². The Hall–Kier alpha value is -3.97. The van der Waals surface area contributed by atoms with E-state index < -0.39 is 11.8 Å². The summed E-state index contributed by atoms with van der Waals surface area (Å²) in [4.78, 5) is 20.9. The second-order valence-corrected chi connectivity index (χ2v) is 8.49. The van der Waals surface area contributed by atoms with Crippen LogP contribution >= 0.6 is 0 Å². The van der Waals surface area contributed by atoms with Gasteiger partial charge in [0, 0.05) is 17.5 Å². The van der Waals surface area contributed by atoms with Gasteiger partial charge in [0.25, 0.3) is 0 Å². The van der Waals surface area contributed by atoms with Crippen molar-refractivity contribution in [3.63, 3.8) is 0 Å². The zero-order chi connectivity index (χ0) is 24.2. The van der Waals surface area contributed by atoms with Crippen molar-refractivity contribution in [3.05, 3.63) is 94.8 Å². The molecule has 3 N–H and O–H groups in total. The summed E-state index contributed by atoms with van der Waals surface area (Å²) >= 11 is 0. The van der Waals surface area contributed by atoms with E-state index >= 15 is 0 Å². The number of aliphatic carboxylic acids is 1. The molecule has 1 heterocycles. The predicted molar refractivity (Wildman–Crippen MR) is 132 cm³/mol. The van der Waals surface area contributed by atoms with E-state index in [9.17, 15) is 14.3 Å². The summed E-state index contributed by atoms with van der Waals surface area (Å²) in [6.07, 6.45) is 0.836. The number of nitrogens with one attached hydrogen (secondary N) is 1. The largest absolute Gasteiger partial charge is 0.494 e. The van der Waals surface area contributed by atoms with Crippen LogP contribution in [0.2, 0.25) is 0 Å². The maximum absolute atomic E-state index is 13.8. The van der Waals surface area contributed by atoms with Crippen molar-refractivity contribution in [2.45, 2.75) is 12.8 Å². The van der Waals surface area contributed by atoms with Crippen LogP contribution < -0.4 is 0 Å². The summed E-state index contributed by atoms with van der Waals surface area (Å²) < 4.78 is 13.8. The number of aromatic hydroxyl groups is 1. The van der Waals surface area contributed by atoms with Crippen LogP contribution in [0.15, 0.2) is 71.7 Å². The Bertz CT molecular complexity index is 1340. The third-order valence-electron chi connectivity index (χ3n) is 5.59. The van der Waals surface area contributed by atoms with Crippen LogP contribution in [0.4, 0.5) is 10.1 Å². The molecule has 1 aromatic heterocycles. The van der Waals surface area contributed by atoms with Crippen LogP contribution in [0.1, 0.15) is 22.3 Å². The lowest BCUT2D eigenvalue weighted by Crippen LogP contribution is -2.14. The van der Waals surface area contributed by atoms with Gasteiger partial charge in [0.05, 0.1) is 28.9 Å². The van der Waals surface area contributed by atoms with E-state index in [1.54, 1.807) is 30.3 Å². The summed E-state index contributed by atoms with van der Waals surface area (Å²) in [6, 6.07) is 19.2. The Morgan fingerprint density at radius 3 is 2.32 bits per heavy atom. The quantitative estimate of drug-likeness (QED) is 0.327. The molecule has 7 heteroatoms. The SMILES string of the molecule is CN(C)CCc1ccc(N=C(c2ccc(CC(=O)O)cc2)c2c(O)[nH]c3cc(F)ccc23)cc1. The zero-order valence-corrected chi connectivity index (χ0v) is 19.0. The first-order chi connectivity index (χ1) is 16.3. The highest BCUT2D eigenvalue weighted by Gasteiger charge is 2.19. The molecule has 4 rings (SSSR count). The normalized spacial score (nSPS) is 11.9. The maximum Gasteiger partial charge on any atom is 0.307 e. The van der Waals surface area contributed by atoms with Gasteiger partial charge in [0.15, 0.2) is 5.88 Å². The number of H-pyrrole nitrogens is 1. The van der Waals surface area contributed by atoms with Crippen molar-refractivity contribution in [1.29, 1.82) is 0 Å². The summed E-state index contributed by atoms with van der Waals surface area (Å²) in [6.45, 7) is 0.941. The molecule has 34 heavy (non-hydrogen) atoms. The number of carbonyl (C=O) groups is 1. The van der Waals surface area contributed by atoms with Crippen LogP contribution in [0.5, 0.6) is 5.88 Å². The van der Waals surface area contributed by atoms with E-state index in [1.165, 1.54) is 17.7 Å². The van der Waals surface area contributed by atoms with Crippen molar-refractivity contribution in [3.8, 4) is 5.88 Å². The fourth-order valence-electron chi connectivity index (χ4n) is 3.83. The minimum Gasteiger partial charge on any atom is -0.494 e. The third kappa shape index (κ3) is 5.32. The Balaban J connectivity index is 1.79. The summed E-state index contributed by atoms with van der Waals surface area (Å²) in [5.41, 5.74) is 4.67. The molecule has 0 radical (unpaired) electrons. The fourth-order valence-corrected chi connectivity index (χ4v) is 3.83. The molecule has 0 fully saturated rings. The number of carboxylic acid groups (broad SMARTS) is 1. The number of fused-ring (bicyclic) bond motifs is 1. The molecular weight excluding hydrogens is 433 g/mol. The molecule has 0 saturated carbocycles. The molecule has 0 aliphatic carbocycles. The number of hydrogen-bond donors (Lipinski definition) is 3. The van der Waals surface area contributed by atoms with Crippen molar-refractivity contribution < 1.29 is 19.4 Å².